The van der Waals surface area contributed by atoms with Gasteiger partial charge in [-0.3, -0.25) is 14.6 Å². The zero-order valence-electron chi connectivity index (χ0n) is 16.3. The number of pyridine rings is 1. The van der Waals surface area contributed by atoms with Crippen LogP contribution in [0.5, 0.6) is 5.75 Å². The Morgan fingerprint density at radius 2 is 1.47 bits per heavy atom. The Morgan fingerprint density at radius 1 is 0.800 bits per heavy atom. The number of nitrogens with one attached hydrogen (secondary N) is 2. The molecule has 0 bridgehead atoms. The van der Waals surface area contributed by atoms with Gasteiger partial charge in [0.2, 0.25) is 0 Å². The number of nitrogens with zero attached hydrogens (tertiary/aromatic N) is 1. The van der Waals surface area contributed by atoms with Gasteiger partial charge in [0.1, 0.15) is 5.75 Å². The van der Waals surface area contributed by atoms with Crippen molar-refractivity contribution in [2.24, 2.45) is 0 Å². The van der Waals surface area contributed by atoms with Crippen molar-refractivity contribution in [2.45, 2.75) is 0 Å². The monoisotopic (exact) mass is 397 g/mol. The Bertz CT molecular complexity index is 1210. The lowest BCUT2D eigenvalue weighted by molar-refractivity contribution is 0.102. The molecule has 0 spiro atoms. The molecule has 6 nitrogen and oxygen atoms in total. The van der Waals surface area contributed by atoms with E-state index in [0.29, 0.717) is 33.8 Å². The highest BCUT2D eigenvalue weighted by Crippen LogP contribution is 2.22. The van der Waals surface area contributed by atoms with Gasteiger partial charge in [-0.25, -0.2) is 0 Å². The van der Waals surface area contributed by atoms with E-state index in [4.69, 9.17) is 4.74 Å². The fourth-order valence-electron chi connectivity index (χ4n) is 3.08. The van der Waals surface area contributed by atoms with Gasteiger partial charge < -0.3 is 15.4 Å². The molecule has 4 aromatic rings. The number of methoxy groups -OCH3 is 1. The van der Waals surface area contributed by atoms with E-state index in [2.05, 4.69) is 15.6 Å². The fourth-order valence-corrected chi connectivity index (χ4v) is 3.08. The van der Waals surface area contributed by atoms with Crippen LogP contribution in [0.4, 0.5) is 11.4 Å². The zero-order valence-corrected chi connectivity index (χ0v) is 16.3. The van der Waals surface area contributed by atoms with Crippen molar-refractivity contribution in [2.75, 3.05) is 17.7 Å². The number of anilines is 2. The molecule has 0 fully saturated rings. The summed E-state index contributed by atoms with van der Waals surface area (Å²) in [6.45, 7) is 0. The Balaban J connectivity index is 1.52. The highest BCUT2D eigenvalue weighted by molar-refractivity contribution is 6.10. The number of aromatic nitrogens is 1. The van der Waals surface area contributed by atoms with E-state index < -0.39 is 0 Å². The maximum atomic E-state index is 12.8. The van der Waals surface area contributed by atoms with Crippen LogP contribution in [0.2, 0.25) is 0 Å². The highest BCUT2D eigenvalue weighted by Gasteiger charge is 2.12. The standard InChI is InChI=1S/C24H19N3O3/c1-30-20-12-10-19(11-13-20)26-23(28)17-6-2-7-18(15-17)24(29)27-21-9-3-5-16-8-4-14-25-22(16)21/h2-15H,1H3,(H,26,28)(H,27,29). The number of ether oxygens (including phenoxy) is 1. The quantitative estimate of drug-likeness (QED) is 0.509. The number of fused-ring (bicyclic) bond motifs is 1. The number of rotatable bonds is 5. The van der Waals surface area contributed by atoms with Crippen LogP contribution in [0.3, 0.4) is 0 Å². The normalized spacial score (nSPS) is 10.4. The molecule has 1 heterocycles. The summed E-state index contributed by atoms with van der Waals surface area (Å²) in [4.78, 5) is 29.7. The molecule has 0 saturated heterocycles. The molecule has 2 N–H and O–H groups in total. The summed E-state index contributed by atoms with van der Waals surface area (Å²) in [5.41, 5.74) is 2.73. The number of hydrogen-bond donors (Lipinski definition) is 2. The topological polar surface area (TPSA) is 80.3 Å². The first-order valence-corrected chi connectivity index (χ1v) is 9.34. The van der Waals surface area contributed by atoms with Crippen LogP contribution in [0, 0.1) is 0 Å². The van der Waals surface area contributed by atoms with Gasteiger partial charge in [0.25, 0.3) is 11.8 Å². The lowest BCUT2D eigenvalue weighted by Gasteiger charge is -2.10. The third kappa shape index (κ3) is 4.12. The minimum atomic E-state index is -0.313. The minimum Gasteiger partial charge on any atom is -0.497 e. The highest BCUT2D eigenvalue weighted by atomic mass is 16.5. The second-order valence-corrected chi connectivity index (χ2v) is 6.60. The summed E-state index contributed by atoms with van der Waals surface area (Å²) in [5, 5.41) is 6.63. The number of carbonyl (C=O) groups is 2. The Morgan fingerprint density at radius 3 is 2.20 bits per heavy atom. The van der Waals surface area contributed by atoms with E-state index >= 15 is 0 Å². The van der Waals surface area contributed by atoms with Crippen LogP contribution in [-0.2, 0) is 0 Å². The smallest absolute Gasteiger partial charge is 0.255 e. The second-order valence-electron chi connectivity index (χ2n) is 6.60. The zero-order chi connectivity index (χ0) is 20.9. The summed E-state index contributed by atoms with van der Waals surface area (Å²) in [7, 11) is 1.58. The van der Waals surface area contributed by atoms with Crippen molar-refractivity contribution in [1.29, 1.82) is 0 Å². The summed E-state index contributed by atoms with van der Waals surface area (Å²) in [5.74, 6) is 0.0866. The molecule has 0 aliphatic heterocycles. The van der Waals surface area contributed by atoms with Crippen molar-refractivity contribution in [3.63, 3.8) is 0 Å². The van der Waals surface area contributed by atoms with E-state index in [1.807, 2.05) is 24.3 Å². The van der Waals surface area contributed by atoms with E-state index in [-0.39, 0.29) is 11.8 Å². The van der Waals surface area contributed by atoms with Gasteiger partial charge in [0.05, 0.1) is 18.3 Å². The molecule has 0 unspecified atom stereocenters. The van der Waals surface area contributed by atoms with Crippen LogP contribution in [0.25, 0.3) is 10.9 Å². The van der Waals surface area contributed by atoms with Crippen molar-refractivity contribution in [3.05, 3.63) is 96.2 Å². The first-order chi connectivity index (χ1) is 14.6. The van der Waals surface area contributed by atoms with E-state index in [1.54, 1.807) is 67.9 Å². The molecule has 1 aromatic heterocycles. The van der Waals surface area contributed by atoms with Crippen LogP contribution in [0.15, 0.2) is 85.1 Å². The molecule has 4 rings (SSSR count). The minimum absolute atomic E-state index is 0.304. The van der Waals surface area contributed by atoms with E-state index in [0.717, 1.165) is 5.39 Å². The molecule has 0 aliphatic rings. The maximum Gasteiger partial charge on any atom is 0.255 e. The van der Waals surface area contributed by atoms with Crippen LogP contribution in [0.1, 0.15) is 20.7 Å². The van der Waals surface area contributed by atoms with Crippen molar-refractivity contribution < 1.29 is 14.3 Å². The lowest BCUT2D eigenvalue weighted by Crippen LogP contribution is -2.15. The van der Waals surface area contributed by atoms with Gasteiger partial charge in [-0.2, -0.15) is 0 Å². The number of para-hydroxylation sites is 1. The molecule has 0 aliphatic carbocycles. The molecular formula is C24H19N3O3. The van der Waals surface area contributed by atoms with Gasteiger partial charge in [-0.1, -0.05) is 24.3 Å². The van der Waals surface area contributed by atoms with Gasteiger partial charge in [0, 0.05) is 28.4 Å². The summed E-state index contributed by atoms with van der Waals surface area (Å²) < 4.78 is 5.11. The Hall–Kier alpha value is -4.19. The molecule has 30 heavy (non-hydrogen) atoms. The van der Waals surface area contributed by atoms with Crippen molar-refractivity contribution >= 4 is 34.1 Å². The number of carbonyl (C=O) groups excluding carboxylic acids is 2. The SMILES string of the molecule is COc1ccc(NC(=O)c2cccc(C(=O)Nc3cccc4cccnc34)c2)cc1. The molecule has 3 aromatic carbocycles. The van der Waals surface area contributed by atoms with Gasteiger partial charge in [0.15, 0.2) is 0 Å². The third-order valence-corrected chi connectivity index (χ3v) is 4.62. The molecule has 0 saturated carbocycles. The fraction of sp³-hybridized carbons (Fsp3) is 0.0417. The Kier molecular flexibility index (Phi) is 5.39. The average molecular weight is 397 g/mol. The third-order valence-electron chi connectivity index (χ3n) is 4.62. The van der Waals surface area contributed by atoms with Crippen LogP contribution in [-0.4, -0.2) is 23.9 Å². The molecular weight excluding hydrogens is 378 g/mol. The second kappa shape index (κ2) is 8.45. The van der Waals surface area contributed by atoms with Crippen molar-refractivity contribution in [1.82, 2.24) is 4.98 Å². The van der Waals surface area contributed by atoms with Crippen LogP contribution >= 0.6 is 0 Å². The van der Waals surface area contributed by atoms with E-state index in [1.165, 1.54) is 0 Å². The molecule has 6 heteroatoms. The maximum absolute atomic E-state index is 12.8. The molecule has 0 radical (unpaired) electrons. The van der Waals surface area contributed by atoms with Crippen molar-refractivity contribution in [3.8, 4) is 5.75 Å². The first kappa shape index (κ1) is 19.1. The van der Waals surface area contributed by atoms with E-state index in [9.17, 15) is 9.59 Å². The largest absolute Gasteiger partial charge is 0.497 e. The summed E-state index contributed by atoms with van der Waals surface area (Å²) in [6.07, 6.45) is 1.68. The van der Waals surface area contributed by atoms with Gasteiger partial charge in [-0.05, 0) is 54.6 Å². The predicted octanol–water partition coefficient (Wildman–Crippen LogP) is 4.75. The van der Waals surface area contributed by atoms with Gasteiger partial charge in [-0.15, -0.1) is 0 Å². The van der Waals surface area contributed by atoms with Crippen LogP contribution < -0.4 is 15.4 Å². The number of benzene rings is 3. The summed E-state index contributed by atoms with van der Waals surface area (Å²) in [6, 6.07) is 23.0. The molecule has 148 valence electrons. The number of amides is 2. The molecule has 2 amide bonds. The predicted molar refractivity (Wildman–Crippen MR) is 117 cm³/mol. The number of hydrogen-bond acceptors (Lipinski definition) is 4. The summed E-state index contributed by atoms with van der Waals surface area (Å²) >= 11 is 0. The Labute approximate surface area is 173 Å². The molecule has 0 atom stereocenters. The first-order valence-electron chi connectivity index (χ1n) is 9.34. The van der Waals surface area contributed by atoms with Gasteiger partial charge >= 0.3 is 0 Å². The lowest BCUT2D eigenvalue weighted by atomic mass is 10.1. The average Bonchev–Trinajstić information content (AvgIpc) is 2.80.